The van der Waals surface area contributed by atoms with Crippen LogP contribution in [0.3, 0.4) is 0 Å². The van der Waals surface area contributed by atoms with Crippen molar-refractivity contribution >= 4 is 17.5 Å². The number of carbonyl (C=O) groups is 2. The van der Waals surface area contributed by atoms with Gasteiger partial charge in [-0.15, -0.1) is 0 Å². The van der Waals surface area contributed by atoms with Crippen molar-refractivity contribution in [2.24, 2.45) is 0 Å². The van der Waals surface area contributed by atoms with E-state index in [1.807, 2.05) is 0 Å². The number of hydrogen-bond acceptors (Lipinski definition) is 4. The fraction of sp³-hybridized carbons (Fsp3) is 0.143. The number of anilines is 1. The molecule has 144 valence electrons. The van der Waals surface area contributed by atoms with Crippen LogP contribution < -0.4 is 15.4 Å². The summed E-state index contributed by atoms with van der Waals surface area (Å²) in [5, 5.41) is 5.43. The van der Waals surface area contributed by atoms with Gasteiger partial charge >= 0.3 is 0 Å². The Morgan fingerprint density at radius 3 is 2.54 bits per heavy atom. The van der Waals surface area contributed by atoms with Gasteiger partial charge < -0.3 is 19.8 Å². The highest BCUT2D eigenvalue weighted by atomic mass is 19.1. The topological polar surface area (TPSA) is 80.6 Å². The Labute approximate surface area is 161 Å². The van der Waals surface area contributed by atoms with Crippen molar-refractivity contribution in [2.75, 3.05) is 5.32 Å². The molecule has 1 heterocycles. The molecule has 0 aliphatic rings. The van der Waals surface area contributed by atoms with Gasteiger partial charge in [0, 0.05) is 0 Å². The summed E-state index contributed by atoms with van der Waals surface area (Å²) >= 11 is 0. The Kier molecular flexibility index (Phi) is 6.06. The lowest BCUT2D eigenvalue weighted by molar-refractivity contribution is -0.122. The van der Waals surface area contributed by atoms with Crippen molar-refractivity contribution in [3.05, 3.63) is 84.1 Å². The summed E-state index contributed by atoms with van der Waals surface area (Å²) in [7, 11) is 0. The third-order valence-corrected chi connectivity index (χ3v) is 3.93. The lowest BCUT2D eigenvalue weighted by atomic mass is 10.1. The highest BCUT2D eigenvalue weighted by molar-refractivity contribution is 6.04. The van der Waals surface area contributed by atoms with E-state index in [0.29, 0.717) is 22.8 Å². The standard InChI is InChI=1S/C21H19FN2O4/c1-14(28-16-10-8-15(22)9-11-16)20(25)24-19-7-3-2-6-18(19)21(26)23-13-17-5-4-12-27-17/h2-12,14H,13H2,1H3,(H,23,26)(H,24,25)/t14-/m1/s1. The second-order valence-corrected chi connectivity index (χ2v) is 6.01. The summed E-state index contributed by atoms with van der Waals surface area (Å²) in [6, 6.07) is 15.5. The minimum absolute atomic E-state index is 0.234. The average Bonchev–Trinajstić information content (AvgIpc) is 3.22. The Bertz CT molecular complexity index is 939. The monoisotopic (exact) mass is 382 g/mol. The number of ether oxygens (including phenoxy) is 1. The number of halogens is 1. The molecule has 7 heteroatoms. The Morgan fingerprint density at radius 2 is 1.82 bits per heavy atom. The number of furan rings is 1. The first kappa shape index (κ1) is 19.2. The van der Waals surface area contributed by atoms with Gasteiger partial charge in [0.25, 0.3) is 11.8 Å². The van der Waals surface area contributed by atoms with E-state index < -0.39 is 12.0 Å². The lowest BCUT2D eigenvalue weighted by Crippen LogP contribution is -2.31. The van der Waals surface area contributed by atoms with Crippen LogP contribution >= 0.6 is 0 Å². The predicted molar refractivity (Wildman–Crippen MR) is 101 cm³/mol. The molecule has 3 rings (SSSR count). The molecule has 0 saturated heterocycles. The molecule has 0 fully saturated rings. The van der Waals surface area contributed by atoms with E-state index in [4.69, 9.17) is 9.15 Å². The first-order valence-electron chi connectivity index (χ1n) is 8.65. The molecule has 0 aliphatic heterocycles. The maximum atomic E-state index is 13.0. The van der Waals surface area contributed by atoms with Gasteiger partial charge in [0.05, 0.1) is 24.1 Å². The SMILES string of the molecule is C[C@@H](Oc1ccc(F)cc1)C(=O)Nc1ccccc1C(=O)NCc1ccco1. The largest absolute Gasteiger partial charge is 0.481 e. The second kappa shape index (κ2) is 8.85. The summed E-state index contributed by atoms with van der Waals surface area (Å²) in [5.41, 5.74) is 0.676. The molecule has 28 heavy (non-hydrogen) atoms. The molecule has 0 bridgehead atoms. The van der Waals surface area contributed by atoms with Crippen molar-refractivity contribution in [1.29, 1.82) is 0 Å². The highest BCUT2D eigenvalue weighted by Gasteiger charge is 2.18. The molecule has 6 nitrogen and oxygen atoms in total. The first-order valence-corrected chi connectivity index (χ1v) is 8.65. The van der Waals surface area contributed by atoms with E-state index >= 15 is 0 Å². The summed E-state index contributed by atoms with van der Waals surface area (Å²) in [5.74, 6) is -0.182. The molecule has 2 N–H and O–H groups in total. The zero-order valence-corrected chi connectivity index (χ0v) is 15.1. The normalized spacial score (nSPS) is 11.5. The Balaban J connectivity index is 1.63. The number of amides is 2. The van der Waals surface area contributed by atoms with Crippen LogP contribution in [0.25, 0.3) is 0 Å². The third-order valence-electron chi connectivity index (χ3n) is 3.93. The van der Waals surface area contributed by atoms with E-state index in [1.54, 1.807) is 43.3 Å². The van der Waals surface area contributed by atoms with Crippen molar-refractivity contribution in [2.45, 2.75) is 19.6 Å². The summed E-state index contributed by atoms with van der Waals surface area (Å²) in [6.45, 7) is 1.80. The van der Waals surface area contributed by atoms with E-state index in [-0.39, 0.29) is 18.3 Å². The maximum Gasteiger partial charge on any atom is 0.265 e. The molecule has 0 spiro atoms. The van der Waals surface area contributed by atoms with Crippen molar-refractivity contribution in [3.8, 4) is 5.75 Å². The quantitative estimate of drug-likeness (QED) is 0.652. The summed E-state index contributed by atoms with van der Waals surface area (Å²) in [6.07, 6.45) is 0.683. The van der Waals surface area contributed by atoms with Crippen LogP contribution in [0.5, 0.6) is 5.75 Å². The van der Waals surface area contributed by atoms with E-state index in [2.05, 4.69) is 10.6 Å². The first-order chi connectivity index (χ1) is 13.5. The van der Waals surface area contributed by atoms with Gasteiger partial charge in [-0.05, 0) is 55.5 Å². The predicted octanol–water partition coefficient (Wildman–Crippen LogP) is 3.75. The van der Waals surface area contributed by atoms with Crippen LogP contribution in [-0.4, -0.2) is 17.9 Å². The maximum absolute atomic E-state index is 13.0. The average molecular weight is 382 g/mol. The molecule has 2 amide bonds. The number of hydrogen-bond donors (Lipinski definition) is 2. The van der Waals surface area contributed by atoms with Crippen LogP contribution in [-0.2, 0) is 11.3 Å². The molecule has 1 atom stereocenters. The second-order valence-electron chi connectivity index (χ2n) is 6.01. The van der Waals surface area contributed by atoms with Gasteiger partial charge in [0.15, 0.2) is 6.10 Å². The van der Waals surface area contributed by atoms with Gasteiger partial charge in [-0.1, -0.05) is 12.1 Å². The number of rotatable bonds is 7. The minimum atomic E-state index is -0.843. The van der Waals surface area contributed by atoms with E-state index in [1.165, 1.54) is 30.5 Å². The zero-order chi connectivity index (χ0) is 19.9. The van der Waals surface area contributed by atoms with Gasteiger partial charge in [0.2, 0.25) is 0 Å². The van der Waals surface area contributed by atoms with Gasteiger partial charge in [-0.3, -0.25) is 9.59 Å². The smallest absolute Gasteiger partial charge is 0.265 e. The lowest BCUT2D eigenvalue weighted by Gasteiger charge is -2.16. The molecular weight excluding hydrogens is 363 g/mol. The van der Waals surface area contributed by atoms with Crippen LogP contribution in [0.4, 0.5) is 10.1 Å². The molecule has 0 aliphatic carbocycles. The van der Waals surface area contributed by atoms with Crippen LogP contribution in [0.1, 0.15) is 23.0 Å². The third kappa shape index (κ3) is 4.97. The number of benzene rings is 2. The minimum Gasteiger partial charge on any atom is -0.481 e. The van der Waals surface area contributed by atoms with Crippen molar-refractivity contribution in [3.63, 3.8) is 0 Å². The molecule has 0 saturated carbocycles. The van der Waals surface area contributed by atoms with Crippen molar-refractivity contribution < 1.29 is 23.1 Å². The molecule has 3 aromatic rings. The fourth-order valence-corrected chi connectivity index (χ4v) is 2.47. The molecule has 1 aromatic heterocycles. The number of nitrogens with one attached hydrogen (secondary N) is 2. The fourth-order valence-electron chi connectivity index (χ4n) is 2.47. The molecular formula is C21H19FN2O4. The van der Waals surface area contributed by atoms with Gasteiger partial charge in [0.1, 0.15) is 17.3 Å². The molecule has 0 unspecified atom stereocenters. The Morgan fingerprint density at radius 1 is 1.07 bits per heavy atom. The van der Waals surface area contributed by atoms with Gasteiger partial charge in [-0.2, -0.15) is 0 Å². The van der Waals surface area contributed by atoms with Gasteiger partial charge in [-0.25, -0.2) is 4.39 Å². The number of carbonyl (C=O) groups excluding carboxylic acids is 2. The summed E-state index contributed by atoms with van der Waals surface area (Å²) in [4.78, 5) is 24.9. The van der Waals surface area contributed by atoms with Crippen LogP contribution in [0, 0.1) is 5.82 Å². The molecule has 2 aromatic carbocycles. The van der Waals surface area contributed by atoms with E-state index in [0.717, 1.165) is 0 Å². The number of para-hydroxylation sites is 1. The highest BCUT2D eigenvalue weighted by Crippen LogP contribution is 2.17. The zero-order valence-electron chi connectivity index (χ0n) is 15.1. The van der Waals surface area contributed by atoms with Crippen LogP contribution in [0.2, 0.25) is 0 Å². The van der Waals surface area contributed by atoms with Crippen LogP contribution in [0.15, 0.2) is 71.3 Å². The van der Waals surface area contributed by atoms with Crippen molar-refractivity contribution in [1.82, 2.24) is 5.32 Å². The molecule has 0 radical (unpaired) electrons. The Hall–Kier alpha value is -3.61. The summed E-state index contributed by atoms with van der Waals surface area (Å²) < 4.78 is 23.7. The van der Waals surface area contributed by atoms with E-state index in [9.17, 15) is 14.0 Å².